The first kappa shape index (κ1) is 20.4. The summed E-state index contributed by atoms with van der Waals surface area (Å²) in [7, 11) is 0. The Balaban J connectivity index is 1.98. The zero-order valence-electron chi connectivity index (χ0n) is 16.9. The topological polar surface area (TPSA) is 61.0 Å². The van der Waals surface area contributed by atoms with Gasteiger partial charge in [0.15, 0.2) is 12.3 Å². The Kier molecular flexibility index (Phi) is 5.33. The molecule has 0 aliphatic carbocycles. The van der Waals surface area contributed by atoms with E-state index in [0.717, 1.165) is 0 Å². The predicted octanol–water partition coefficient (Wildman–Crippen LogP) is 4.67. The van der Waals surface area contributed by atoms with Crippen molar-refractivity contribution in [3.05, 3.63) is 99.5 Å². The summed E-state index contributed by atoms with van der Waals surface area (Å²) in [5.74, 6) is -0.967. The molecule has 4 aromatic rings. The number of rotatable bonds is 4. The summed E-state index contributed by atoms with van der Waals surface area (Å²) in [6.07, 6.45) is 1.20. The fourth-order valence-corrected chi connectivity index (χ4v) is 3.24. The van der Waals surface area contributed by atoms with Gasteiger partial charge in [-0.05, 0) is 62.4 Å². The molecule has 0 spiro atoms. The number of benzene rings is 3. The van der Waals surface area contributed by atoms with Gasteiger partial charge in [-0.25, -0.2) is 13.5 Å². The summed E-state index contributed by atoms with van der Waals surface area (Å²) < 4.78 is 29.6. The van der Waals surface area contributed by atoms with Crippen LogP contribution in [0.1, 0.15) is 19.4 Å². The molecule has 0 radical (unpaired) electrons. The molecule has 156 valence electrons. The SMILES string of the molecule is CC(C)/[N+]([O-])=C\c1cc(-c2nn(-c3ccc(F)cc3)c(=O)c3ccccc23)ccc1F. The van der Waals surface area contributed by atoms with Crippen molar-refractivity contribution < 1.29 is 13.5 Å². The lowest BCUT2D eigenvalue weighted by molar-refractivity contribution is -0.487. The number of aromatic nitrogens is 2. The Bertz CT molecular complexity index is 1360. The van der Waals surface area contributed by atoms with Crippen molar-refractivity contribution >= 4 is 17.0 Å². The Hall–Kier alpha value is -3.87. The maximum atomic E-state index is 14.4. The zero-order chi connectivity index (χ0) is 22.1. The molecule has 0 bridgehead atoms. The molecule has 0 N–H and O–H groups in total. The number of fused-ring (bicyclic) bond motifs is 1. The van der Waals surface area contributed by atoms with Crippen LogP contribution in [0.3, 0.4) is 0 Å². The van der Waals surface area contributed by atoms with E-state index < -0.39 is 11.6 Å². The Morgan fingerprint density at radius 2 is 1.68 bits per heavy atom. The van der Waals surface area contributed by atoms with E-state index in [1.165, 1.54) is 47.3 Å². The molecular weight excluding hydrogens is 400 g/mol. The molecule has 1 heterocycles. The molecule has 1 aromatic heterocycles. The van der Waals surface area contributed by atoms with Gasteiger partial charge in [0.25, 0.3) is 5.56 Å². The van der Waals surface area contributed by atoms with Gasteiger partial charge in [-0.1, -0.05) is 18.2 Å². The standard InChI is InChI=1S/C24H19F2N3O2/c1-15(2)28(31)14-17-13-16(7-12-22(17)26)23-20-5-3-4-6-21(20)24(30)29(27-23)19-10-8-18(25)9-11-19/h3-15H,1-2H3/b28-14+. The van der Waals surface area contributed by atoms with E-state index in [2.05, 4.69) is 5.10 Å². The molecular formula is C24H19F2N3O2. The molecule has 7 heteroatoms. The molecule has 0 saturated carbocycles. The fraction of sp³-hybridized carbons (Fsp3) is 0.125. The smallest absolute Gasteiger partial charge is 0.279 e. The van der Waals surface area contributed by atoms with Crippen LogP contribution in [-0.4, -0.2) is 26.8 Å². The minimum Gasteiger partial charge on any atom is -0.624 e. The van der Waals surface area contributed by atoms with Gasteiger partial charge in [-0.15, -0.1) is 0 Å². The van der Waals surface area contributed by atoms with Crippen LogP contribution in [0.25, 0.3) is 27.7 Å². The second-order valence-corrected chi connectivity index (χ2v) is 7.41. The van der Waals surface area contributed by atoms with Gasteiger partial charge in [0.2, 0.25) is 0 Å². The zero-order valence-corrected chi connectivity index (χ0v) is 16.9. The third kappa shape index (κ3) is 3.94. The molecule has 0 aliphatic rings. The molecule has 5 nitrogen and oxygen atoms in total. The normalized spacial score (nSPS) is 12.0. The largest absolute Gasteiger partial charge is 0.624 e. The van der Waals surface area contributed by atoms with Gasteiger partial charge < -0.3 is 5.21 Å². The summed E-state index contributed by atoms with van der Waals surface area (Å²) in [5, 5.41) is 17.6. The third-order valence-electron chi connectivity index (χ3n) is 4.92. The molecule has 0 atom stereocenters. The molecule has 0 aliphatic heterocycles. The average Bonchev–Trinajstić information content (AvgIpc) is 2.76. The van der Waals surface area contributed by atoms with Crippen LogP contribution in [0.5, 0.6) is 0 Å². The summed E-state index contributed by atoms with van der Waals surface area (Å²) >= 11 is 0. The molecule has 0 saturated heterocycles. The van der Waals surface area contributed by atoms with Crippen molar-refractivity contribution in [1.29, 1.82) is 0 Å². The monoisotopic (exact) mass is 419 g/mol. The van der Waals surface area contributed by atoms with E-state index in [0.29, 0.717) is 32.5 Å². The van der Waals surface area contributed by atoms with Crippen LogP contribution in [0, 0.1) is 16.8 Å². The van der Waals surface area contributed by atoms with E-state index in [-0.39, 0.29) is 17.2 Å². The van der Waals surface area contributed by atoms with E-state index >= 15 is 0 Å². The highest BCUT2D eigenvalue weighted by atomic mass is 19.1. The van der Waals surface area contributed by atoms with Crippen molar-refractivity contribution in [2.24, 2.45) is 0 Å². The minimum absolute atomic E-state index is 0.117. The third-order valence-corrected chi connectivity index (χ3v) is 4.92. The predicted molar refractivity (Wildman–Crippen MR) is 117 cm³/mol. The lowest BCUT2D eigenvalue weighted by atomic mass is 10.0. The highest BCUT2D eigenvalue weighted by Crippen LogP contribution is 2.27. The van der Waals surface area contributed by atoms with Gasteiger partial charge in [-0.3, -0.25) is 4.79 Å². The molecule has 0 fully saturated rings. The molecule has 0 amide bonds. The quantitative estimate of drug-likeness (QED) is 0.209. The van der Waals surface area contributed by atoms with Crippen LogP contribution in [0.2, 0.25) is 0 Å². The Labute approximate surface area is 177 Å². The summed E-state index contributed by atoms with van der Waals surface area (Å²) in [5.41, 5.74) is 1.14. The summed E-state index contributed by atoms with van der Waals surface area (Å²) in [6.45, 7) is 3.41. The van der Waals surface area contributed by atoms with Gasteiger partial charge >= 0.3 is 0 Å². The lowest BCUT2D eigenvalue weighted by Crippen LogP contribution is -2.22. The van der Waals surface area contributed by atoms with Crippen molar-refractivity contribution in [3.8, 4) is 16.9 Å². The minimum atomic E-state index is -0.540. The van der Waals surface area contributed by atoms with Crippen molar-refractivity contribution in [2.75, 3.05) is 0 Å². The van der Waals surface area contributed by atoms with Gasteiger partial charge in [0.1, 0.15) is 11.6 Å². The van der Waals surface area contributed by atoms with Gasteiger partial charge in [0, 0.05) is 10.9 Å². The van der Waals surface area contributed by atoms with Gasteiger partial charge in [-0.2, -0.15) is 9.78 Å². The van der Waals surface area contributed by atoms with E-state index in [9.17, 15) is 18.8 Å². The lowest BCUT2D eigenvalue weighted by Gasteiger charge is -2.12. The maximum absolute atomic E-state index is 14.4. The maximum Gasteiger partial charge on any atom is 0.279 e. The van der Waals surface area contributed by atoms with Crippen molar-refractivity contribution in [1.82, 2.24) is 9.78 Å². The highest BCUT2D eigenvalue weighted by Gasteiger charge is 2.15. The van der Waals surface area contributed by atoms with Crippen LogP contribution in [-0.2, 0) is 0 Å². The average molecular weight is 419 g/mol. The first-order chi connectivity index (χ1) is 14.8. The molecule has 3 aromatic carbocycles. The van der Waals surface area contributed by atoms with Crippen molar-refractivity contribution in [3.63, 3.8) is 0 Å². The number of nitrogens with zero attached hydrogens (tertiary/aromatic N) is 3. The van der Waals surface area contributed by atoms with E-state index in [4.69, 9.17) is 0 Å². The van der Waals surface area contributed by atoms with E-state index in [1.54, 1.807) is 44.2 Å². The van der Waals surface area contributed by atoms with Crippen LogP contribution in [0.15, 0.2) is 71.5 Å². The van der Waals surface area contributed by atoms with Crippen LogP contribution < -0.4 is 5.56 Å². The van der Waals surface area contributed by atoms with Crippen molar-refractivity contribution in [2.45, 2.75) is 19.9 Å². The summed E-state index contributed by atoms with van der Waals surface area (Å²) in [6, 6.07) is 16.4. The van der Waals surface area contributed by atoms with Crippen LogP contribution >= 0.6 is 0 Å². The van der Waals surface area contributed by atoms with Crippen LogP contribution in [0.4, 0.5) is 8.78 Å². The number of halogens is 2. The number of hydrogen-bond donors (Lipinski definition) is 0. The number of hydroxylamine groups is 1. The molecule has 0 unspecified atom stereocenters. The second-order valence-electron chi connectivity index (χ2n) is 7.41. The second kappa shape index (κ2) is 8.10. The first-order valence-electron chi connectivity index (χ1n) is 9.73. The molecule has 4 rings (SSSR count). The van der Waals surface area contributed by atoms with Gasteiger partial charge in [0.05, 0.1) is 22.3 Å². The Morgan fingerprint density at radius 3 is 2.35 bits per heavy atom. The summed E-state index contributed by atoms with van der Waals surface area (Å²) in [4.78, 5) is 13.0. The highest BCUT2D eigenvalue weighted by molar-refractivity contribution is 5.94. The Morgan fingerprint density at radius 1 is 1.00 bits per heavy atom. The molecule has 31 heavy (non-hydrogen) atoms. The number of hydrogen-bond acceptors (Lipinski definition) is 3. The van der Waals surface area contributed by atoms with E-state index in [1.807, 2.05) is 0 Å². The fourth-order valence-electron chi connectivity index (χ4n) is 3.24. The first-order valence-corrected chi connectivity index (χ1v) is 9.73.